The first-order chi connectivity index (χ1) is 9.88. The van der Waals surface area contributed by atoms with Crippen LogP contribution >= 0.6 is 0 Å². The van der Waals surface area contributed by atoms with Crippen molar-refractivity contribution in [2.75, 3.05) is 5.32 Å². The summed E-state index contributed by atoms with van der Waals surface area (Å²) in [5.74, 6) is 0.324. The van der Waals surface area contributed by atoms with Gasteiger partial charge in [0, 0.05) is 23.9 Å². The van der Waals surface area contributed by atoms with Crippen LogP contribution < -0.4 is 5.32 Å². The quantitative estimate of drug-likeness (QED) is 0.661. The molecule has 2 aromatic rings. The van der Waals surface area contributed by atoms with E-state index in [1.807, 2.05) is 26.0 Å². The number of aromatic hydroxyl groups is 1. The number of benzene rings is 2. The number of aryl methyl sites for hydroxylation is 3. The first-order valence-corrected chi connectivity index (χ1v) is 6.66. The number of phenols is 1. The molecule has 110 valence electrons. The zero-order chi connectivity index (χ0) is 15.6. The molecule has 0 heterocycles. The molecule has 0 saturated carbocycles. The van der Waals surface area contributed by atoms with E-state index in [9.17, 15) is 15.2 Å². The van der Waals surface area contributed by atoms with Crippen molar-refractivity contribution in [3.05, 3.63) is 62.7 Å². The molecule has 0 fully saturated rings. The number of phenolic OH excluding ortho intramolecular Hbond substituents is 1. The molecule has 0 spiro atoms. The highest BCUT2D eigenvalue weighted by molar-refractivity contribution is 5.54. The summed E-state index contributed by atoms with van der Waals surface area (Å²) in [7, 11) is 0. The number of hydrogen-bond donors (Lipinski definition) is 2. The summed E-state index contributed by atoms with van der Waals surface area (Å²) in [6.07, 6.45) is 0. The molecule has 0 aliphatic carbocycles. The van der Waals surface area contributed by atoms with Gasteiger partial charge in [-0.1, -0.05) is 12.1 Å². The van der Waals surface area contributed by atoms with Crippen LogP contribution in [0.25, 0.3) is 0 Å². The average Bonchev–Trinajstić information content (AvgIpc) is 2.42. The number of nitrogens with one attached hydrogen (secondary N) is 1. The maximum absolute atomic E-state index is 10.8. The zero-order valence-corrected chi connectivity index (χ0v) is 12.3. The van der Waals surface area contributed by atoms with Crippen molar-refractivity contribution in [1.82, 2.24) is 0 Å². The molecule has 21 heavy (non-hydrogen) atoms. The summed E-state index contributed by atoms with van der Waals surface area (Å²) >= 11 is 0. The Bertz CT molecular complexity index is 673. The van der Waals surface area contributed by atoms with Crippen LogP contribution in [0.4, 0.5) is 11.4 Å². The molecule has 0 radical (unpaired) electrons. The van der Waals surface area contributed by atoms with Crippen LogP contribution in [0, 0.1) is 30.9 Å². The van der Waals surface area contributed by atoms with Gasteiger partial charge in [0.05, 0.1) is 4.92 Å². The summed E-state index contributed by atoms with van der Waals surface area (Å²) in [5.41, 5.74) is 4.32. The van der Waals surface area contributed by atoms with Gasteiger partial charge in [-0.05, 0) is 49.6 Å². The van der Waals surface area contributed by atoms with E-state index in [4.69, 9.17) is 0 Å². The van der Waals surface area contributed by atoms with Crippen LogP contribution in [-0.2, 0) is 6.54 Å². The molecule has 2 N–H and O–H groups in total. The number of nitro groups is 1. The van der Waals surface area contributed by atoms with Crippen LogP contribution in [-0.4, -0.2) is 10.0 Å². The molecular formula is C16H18N2O3. The summed E-state index contributed by atoms with van der Waals surface area (Å²) < 4.78 is 0. The van der Waals surface area contributed by atoms with E-state index in [1.165, 1.54) is 6.07 Å². The summed E-state index contributed by atoms with van der Waals surface area (Å²) in [6, 6.07) is 8.82. The fraction of sp³-hybridized carbons (Fsp3) is 0.250. The number of anilines is 1. The van der Waals surface area contributed by atoms with Gasteiger partial charge in [-0.3, -0.25) is 10.1 Å². The van der Waals surface area contributed by atoms with Gasteiger partial charge in [0.15, 0.2) is 0 Å². The molecule has 0 amide bonds. The van der Waals surface area contributed by atoms with Crippen LogP contribution in [0.3, 0.4) is 0 Å². The zero-order valence-electron chi connectivity index (χ0n) is 12.3. The van der Waals surface area contributed by atoms with Crippen molar-refractivity contribution in [2.45, 2.75) is 27.3 Å². The predicted octanol–water partition coefficient (Wildman–Crippen LogP) is 3.84. The lowest BCUT2D eigenvalue weighted by Crippen LogP contribution is -2.01. The second-order valence-corrected chi connectivity index (χ2v) is 5.19. The van der Waals surface area contributed by atoms with Gasteiger partial charge in [-0.25, -0.2) is 0 Å². The molecule has 5 heteroatoms. The smallest absolute Gasteiger partial charge is 0.272 e. The number of nitrogens with zero attached hydrogens (tertiary/aromatic N) is 1. The van der Waals surface area contributed by atoms with E-state index in [2.05, 4.69) is 5.32 Å². The molecular weight excluding hydrogens is 268 g/mol. The minimum absolute atomic E-state index is 0.122. The van der Waals surface area contributed by atoms with Gasteiger partial charge in [0.1, 0.15) is 5.75 Å². The molecule has 5 nitrogen and oxygen atoms in total. The van der Waals surface area contributed by atoms with Crippen molar-refractivity contribution in [1.29, 1.82) is 0 Å². The lowest BCUT2D eigenvalue weighted by atomic mass is 10.1. The van der Waals surface area contributed by atoms with Crippen molar-refractivity contribution in [2.24, 2.45) is 0 Å². The van der Waals surface area contributed by atoms with Gasteiger partial charge in [-0.2, -0.15) is 0 Å². The lowest BCUT2D eigenvalue weighted by Gasteiger charge is -2.10. The number of hydrogen-bond acceptors (Lipinski definition) is 4. The van der Waals surface area contributed by atoms with Crippen molar-refractivity contribution in [3.63, 3.8) is 0 Å². The summed E-state index contributed by atoms with van der Waals surface area (Å²) in [4.78, 5) is 10.4. The Morgan fingerprint density at radius 1 is 1.10 bits per heavy atom. The minimum Gasteiger partial charge on any atom is -0.507 e. The Morgan fingerprint density at radius 3 is 2.24 bits per heavy atom. The average molecular weight is 286 g/mol. The van der Waals surface area contributed by atoms with Gasteiger partial charge in [-0.15, -0.1) is 0 Å². The Balaban J connectivity index is 2.13. The third-order valence-corrected chi connectivity index (χ3v) is 3.44. The van der Waals surface area contributed by atoms with E-state index >= 15 is 0 Å². The molecule has 0 bridgehead atoms. The molecule has 0 aromatic heterocycles. The van der Waals surface area contributed by atoms with Crippen LogP contribution in [0.15, 0.2) is 30.3 Å². The van der Waals surface area contributed by atoms with Crippen molar-refractivity contribution >= 4 is 11.4 Å². The minimum atomic E-state index is -0.383. The van der Waals surface area contributed by atoms with E-state index < -0.39 is 0 Å². The van der Waals surface area contributed by atoms with Crippen LogP contribution in [0.1, 0.15) is 22.3 Å². The van der Waals surface area contributed by atoms with Gasteiger partial charge >= 0.3 is 0 Å². The lowest BCUT2D eigenvalue weighted by molar-refractivity contribution is -0.385. The largest absolute Gasteiger partial charge is 0.507 e. The molecule has 0 saturated heterocycles. The third kappa shape index (κ3) is 3.31. The van der Waals surface area contributed by atoms with Gasteiger partial charge in [0.25, 0.3) is 5.69 Å². The van der Waals surface area contributed by atoms with Crippen LogP contribution in [0.2, 0.25) is 0 Å². The third-order valence-electron chi connectivity index (χ3n) is 3.44. The fourth-order valence-electron chi connectivity index (χ4n) is 2.32. The second-order valence-electron chi connectivity index (χ2n) is 5.19. The Hall–Kier alpha value is -2.56. The Labute approximate surface area is 123 Å². The monoisotopic (exact) mass is 286 g/mol. The van der Waals surface area contributed by atoms with Gasteiger partial charge < -0.3 is 10.4 Å². The molecule has 2 rings (SSSR count). The standard InChI is InChI=1S/C16H18N2O3/c1-10-8-14(4-5-15(10)18(20)21)17-9-13-6-11(2)16(19)12(3)7-13/h4-8,17,19H,9H2,1-3H3. The van der Waals surface area contributed by atoms with E-state index in [1.54, 1.807) is 19.1 Å². The fourth-order valence-corrected chi connectivity index (χ4v) is 2.32. The van der Waals surface area contributed by atoms with Crippen molar-refractivity contribution < 1.29 is 10.0 Å². The molecule has 0 aliphatic rings. The topological polar surface area (TPSA) is 75.4 Å². The first-order valence-electron chi connectivity index (χ1n) is 6.66. The first kappa shape index (κ1) is 14.8. The number of rotatable bonds is 4. The van der Waals surface area contributed by atoms with Crippen LogP contribution in [0.5, 0.6) is 5.75 Å². The second kappa shape index (κ2) is 5.83. The molecule has 0 unspecified atom stereocenters. The number of nitro benzene ring substituents is 1. The Morgan fingerprint density at radius 2 is 1.71 bits per heavy atom. The maximum Gasteiger partial charge on any atom is 0.272 e. The summed E-state index contributed by atoms with van der Waals surface area (Å²) in [6.45, 7) is 6.04. The molecule has 2 aromatic carbocycles. The Kier molecular flexibility index (Phi) is 4.12. The summed E-state index contributed by atoms with van der Waals surface area (Å²) in [5, 5.41) is 23.8. The van der Waals surface area contributed by atoms with E-state index in [-0.39, 0.29) is 10.6 Å². The van der Waals surface area contributed by atoms with Crippen molar-refractivity contribution in [3.8, 4) is 5.75 Å². The SMILES string of the molecule is Cc1cc(NCc2cc(C)c(O)c(C)c2)ccc1[N+](=O)[O-]. The normalized spacial score (nSPS) is 10.4. The highest BCUT2D eigenvalue weighted by Gasteiger charge is 2.10. The predicted molar refractivity (Wildman–Crippen MR) is 82.7 cm³/mol. The molecule has 0 atom stereocenters. The highest BCUT2D eigenvalue weighted by atomic mass is 16.6. The van der Waals surface area contributed by atoms with E-state index in [0.717, 1.165) is 22.4 Å². The molecule has 0 aliphatic heterocycles. The maximum atomic E-state index is 10.8. The highest BCUT2D eigenvalue weighted by Crippen LogP contribution is 2.25. The van der Waals surface area contributed by atoms with Gasteiger partial charge in [0.2, 0.25) is 0 Å². The van der Waals surface area contributed by atoms with E-state index in [0.29, 0.717) is 17.9 Å².